The molecule has 0 aliphatic carbocycles. The highest BCUT2D eigenvalue weighted by atomic mass is 28.3. The third-order valence-electron chi connectivity index (χ3n) is 4.32. The van der Waals surface area contributed by atoms with E-state index < -0.39 is 8.07 Å². The molecular formula is C21H25N3O2Si. The summed E-state index contributed by atoms with van der Waals surface area (Å²) in [6.45, 7) is 8.12. The SMILES string of the molecule is C[Si](C)(C)CCOCn1ncc2c(/C=C/c3ccncc3)cc(C=O)cc21. The molecule has 0 aliphatic rings. The number of rotatable bonds is 8. The molecule has 3 rings (SSSR count). The summed E-state index contributed by atoms with van der Waals surface area (Å²) in [5.41, 5.74) is 3.54. The second kappa shape index (κ2) is 8.41. The molecular weight excluding hydrogens is 354 g/mol. The average molecular weight is 380 g/mol. The highest BCUT2D eigenvalue weighted by molar-refractivity contribution is 6.76. The van der Waals surface area contributed by atoms with Gasteiger partial charge in [0.15, 0.2) is 0 Å². The fraction of sp³-hybridized carbons (Fsp3) is 0.286. The van der Waals surface area contributed by atoms with E-state index in [2.05, 4.69) is 29.7 Å². The van der Waals surface area contributed by atoms with Gasteiger partial charge in [0.25, 0.3) is 0 Å². The minimum Gasteiger partial charge on any atom is -0.360 e. The van der Waals surface area contributed by atoms with E-state index in [4.69, 9.17) is 4.74 Å². The molecule has 6 heteroatoms. The zero-order valence-electron chi connectivity index (χ0n) is 16.1. The van der Waals surface area contributed by atoms with Gasteiger partial charge in [0.1, 0.15) is 13.0 Å². The zero-order valence-corrected chi connectivity index (χ0v) is 17.1. The zero-order chi connectivity index (χ0) is 19.3. The molecule has 140 valence electrons. The molecule has 0 amide bonds. The summed E-state index contributed by atoms with van der Waals surface area (Å²) >= 11 is 0. The highest BCUT2D eigenvalue weighted by Crippen LogP contribution is 2.23. The summed E-state index contributed by atoms with van der Waals surface area (Å²) in [6.07, 6.45) is 10.2. The number of aldehydes is 1. The molecule has 0 fully saturated rings. The van der Waals surface area contributed by atoms with Crippen molar-refractivity contribution in [2.45, 2.75) is 32.4 Å². The van der Waals surface area contributed by atoms with E-state index in [0.29, 0.717) is 12.3 Å². The van der Waals surface area contributed by atoms with E-state index in [1.807, 2.05) is 47.3 Å². The molecule has 0 radical (unpaired) electrons. The molecule has 0 unspecified atom stereocenters. The molecule has 3 aromatic rings. The van der Waals surface area contributed by atoms with Crippen LogP contribution in [0.3, 0.4) is 0 Å². The molecule has 1 aromatic carbocycles. The van der Waals surface area contributed by atoms with E-state index in [1.165, 1.54) is 0 Å². The van der Waals surface area contributed by atoms with Crippen LogP contribution in [0, 0.1) is 0 Å². The van der Waals surface area contributed by atoms with Crippen LogP contribution in [0.25, 0.3) is 23.1 Å². The first-order chi connectivity index (χ1) is 13.0. The first-order valence-electron chi connectivity index (χ1n) is 9.07. The minimum atomic E-state index is -1.11. The number of nitrogens with zero attached hydrogens (tertiary/aromatic N) is 3. The van der Waals surface area contributed by atoms with Crippen LogP contribution >= 0.6 is 0 Å². The Balaban J connectivity index is 1.84. The van der Waals surface area contributed by atoms with Crippen LogP contribution in [0.1, 0.15) is 21.5 Å². The fourth-order valence-electron chi connectivity index (χ4n) is 2.73. The Bertz CT molecular complexity index is 943. The summed E-state index contributed by atoms with van der Waals surface area (Å²) in [4.78, 5) is 15.4. The van der Waals surface area contributed by atoms with E-state index in [0.717, 1.165) is 41.0 Å². The Labute approximate surface area is 160 Å². The van der Waals surface area contributed by atoms with Gasteiger partial charge >= 0.3 is 0 Å². The Hall–Kier alpha value is -2.57. The van der Waals surface area contributed by atoms with Gasteiger partial charge in [-0.15, -0.1) is 0 Å². The van der Waals surface area contributed by atoms with Crippen LogP contribution in [0.2, 0.25) is 25.7 Å². The number of hydrogen-bond donors (Lipinski definition) is 0. The monoisotopic (exact) mass is 379 g/mol. The largest absolute Gasteiger partial charge is 0.360 e. The summed E-state index contributed by atoms with van der Waals surface area (Å²) in [5.74, 6) is 0. The van der Waals surface area contributed by atoms with Crippen molar-refractivity contribution in [1.82, 2.24) is 14.8 Å². The Morgan fingerprint density at radius 3 is 2.59 bits per heavy atom. The van der Waals surface area contributed by atoms with Crippen molar-refractivity contribution in [2.24, 2.45) is 0 Å². The number of ether oxygens (including phenoxy) is 1. The summed E-state index contributed by atoms with van der Waals surface area (Å²) in [5, 5.41) is 5.46. The van der Waals surface area contributed by atoms with Gasteiger partial charge in [0, 0.05) is 38.0 Å². The number of benzene rings is 1. The van der Waals surface area contributed by atoms with Gasteiger partial charge in [-0.05, 0) is 41.4 Å². The number of aromatic nitrogens is 3. The minimum absolute atomic E-state index is 0.393. The van der Waals surface area contributed by atoms with E-state index in [1.54, 1.807) is 12.4 Å². The molecule has 0 N–H and O–H groups in total. The predicted octanol–water partition coefficient (Wildman–Crippen LogP) is 4.73. The number of carbonyl (C=O) groups is 1. The van der Waals surface area contributed by atoms with Gasteiger partial charge in [-0.3, -0.25) is 9.78 Å². The van der Waals surface area contributed by atoms with Crippen molar-refractivity contribution in [3.63, 3.8) is 0 Å². The standard InChI is InChI=1S/C21H25N3O2Si/c1-27(2,3)11-10-26-16-24-21-13-18(15-25)12-19(20(21)14-23-24)5-4-17-6-8-22-9-7-17/h4-9,12-15H,10-11,16H2,1-3H3/b5-4+. The molecule has 2 heterocycles. The molecule has 0 aliphatic heterocycles. The van der Waals surface area contributed by atoms with Crippen LogP contribution in [0.4, 0.5) is 0 Å². The molecule has 27 heavy (non-hydrogen) atoms. The summed E-state index contributed by atoms with van der Waals surface area (Å²) in [7, 11) is -1.11. The van der Waals surface area contributed by atoms with E-state index in [-0.39, 0.29) is 0 Å². The van der Waals surface area contributed by atoms with Crippen LogP contribution in [0.15, 0.2) is 42.9 Å². The molecule has 5 nitrogen and oxygen atoms in total. The summed E-state index contributed by atoms with van der Waals surface area (Å²) in [6, 6.07) is 8.73. The summed E-state index contributed by atoms with van der Waals surface area (Å²) < 4.78 is 7.64. The molecule has 0 bridgehead atoms. The normalized spacial score (nSPS) is 12.1. The molecule has 2 aromatic heterocycles. The van der Waals surface area contributed by atoms with Gasteiger partial charge in [0.2, 0.25) is 0 Å². The number of pyridine rings is 1. The first kappa shape index (κ1) is 19.2. The molecule has 0 spiro atoms. The Kier molecular flexibility index (Phi) is 5.98. The quantitative estimate of drug-likeness (QED) is 0.323. The lowest BCUT2D eigenvalue weighted by Gasteiger charge is -2.15. The fourth-order valence-corrected chi connectivity index (χ4v) is 3.48. The maximum Gasteiger partial charge on any atom is 0.150 e. The van der Waals surface area contributed by atoms with Crippen molar-refractivity contribution in [2.75, 3.05) is 6.61 Å². The molecule has 0 atom stereocenters. The predicted molar refractivity (Wildman–Crippen MR) is 112 cm³/mol. The second-order valence-corrected chi connectivity index (χ2v) is 13.4. The van der Waals surface area contributed by atoms with Crippen molar-refractivity contribution < 1.29 is 9.53 Å². The first-order valence-corrected chi connectivity index (χ1v) is 12.8. The number of carbonyl (C=O) groups excluding carboxylic acids is 1. The van der Waals surface area contributed by atoms with Crippen molar-refractivity contribution >= 4 is 37.4 Å². The van der Waals surface area contributed by atoms with Gasteiger partial charge in [-0.25, -0.2) is 4.68 Å². The van der Waals surface area contributed by atoms with Gasteiger partial charge in [-0.1, -0.05) is 31.8 Å². The lowest BCUT2D eigenvalue weighted by atomic mass is 10.1. The lowest BCUT2D eigenvalue weighted by Crippen LogP contribution is -2.22. The van der Waals surface area contributed by atoms with Crippen molar-refractivity contribution in [1.29, 1.82) is 0 Å². The smallest absolute Gasteiger partial charge is 0.150 e. The lowest BCUT2D eigenvalue weighted by molar-refractivity contribution is 0.0817. The second-order valence-electron chi connectivity index (χ2n) is 7.77. The average Bonchev–Trinajstić information content (AvgIpc) is 3.06. The van der Waals surface area contributed by atoms with Crippen LogP contribution in [0.5, 0.6) is 0 Å². The van der Waals surface area contributed by atoms with Crippen molar-refractivity contribution in [3.05, 3.63) is 59.5 Å². The number of hydrogen-bond acceptors (Lipinski definition) is 4. The third kappa shape index (κ3) is 5.21. The third-order valence-corrected chi connectivity index (χ3v) is 6.03. The van der Waals surface area contributed by atoms with Crippen LogP contribution in [-0.2, 0) is 11.5 Å². The van der Waals surface area contributed by atoms with E-state index in [9.17, 15) is 4.79 Å². The number of fused-ring (bicyclic) bond motifs is 1. The van der Waals surface area contributed by atoms with Gasteiger partial charge < -0.3 is 4.74 Å². The Morgan fingerprint density at radius 2 is 1.89 bits per heavy atom. The van der Waals surface area contributed by atoms with Crippen molar-refractivity contribution in [3.8, 4) is 0 Å². The van der Waals surface area contributed by atoms with Crippen LogP contribution < -0.4 is 0 Å². The van der Waals surface area contributed by atoms with Gasteiger partial charge in [-0.2, -0.15) is 5.10 Å². The molecule has 0 saturated carbocycles. The topological polar surface area (TPSA) is 57.0 Å². The molecule has 0 saturated heterocycles. The highest BCUT2D eigenvalue weighted by Gasteiger charge is 2.13. The maximum absolute atomic E-state index is 11.4. The van der Waals surface area contributed by atoms with Gasteiger partial charge in [0.05, 0.1) is 11.7 Å². The Morgan fingerprint density at radius 1 is 1.11 bits per heavy atom. The maximum atomic E-state index is 11.4. The van der Waals surface area contributed by atoms with E-state index >= 15 is 0 Å². The van der Waals surface area contributed by atoms with Crippen LogP contribution in [-0.4, -0.2) is 35.7 Å².